The summed E-state index contributed by atoms with van der Waals surface area (Å²) in [5, 5.41) is 17.1. The van der Waals surface area contributed by atoms with Crippen LogP contribution >= 0.6 is 0 Å². The number of hydrogen-bond donors (Lipinski definition) is 2. The van der Waals surface area contributed by atoms with Crippen molar-refractivity contribution in [2.75, 3.05) is 19.0 Å². The third kappa shape index (κ3) is 4.14. The number of quaternary nitrogens is 1. The molecule has 166 valence electrons. The van der Waals surface area contributed by atoms with Crippen molar-refractivity contribution in [1.29, 1.82) is 5.26 Å². The van der Waals surface area contributed by atoms with E-state index in [2.05, 4.69) is 42.2 Å². The van der Waals surface area contributed by atoms with Gasteiger partial charge in [-0.2, -0.15) is 18.8 Å². The fraction of sp³-hybridized carbons (Fsp3) is 0.789. The normalized spacial score (nSPS) is 33.4. The van der Waals surface area contributed by atoms with Crippen LogP contribution in [0.1, 0.15) is 46.5 Å². The molecule has 1 unspecified atom stereocenters. The number of likely N-dealkylation sites (tertiary alicyclic amines) is 1. The van der Waals surface area contributed by atoms with Crippen LogP contribution in [0.25, 0.3) is 0 Å². The molecule has 0 aromatic carbocycles. The fourth-order valence-corrected chi connectivity index (χ4v) is 6.21. The van der Waals surface area contributed by atoms with Gasteiger partial charge in [-0.25, -0.2) is 14.3 Å². The number of nitriles is 1. The minimum absolute atomic E-state index is 0.0519. The lowest BCUT2D eigenvalue weighted by atomic mass is 9.71. The van der Waals surface area contributed by atoms with Gasteiger partial charge in [-0.05, 0) is 31.1 Å². The highest BCUT2D eigenvalue weighted by Gasteiger charge is 2.54. The van der Waals surface area contributed by atoms with Gasteiger partial charge in [0, 0.05) is 24.9 Å². The lowest BCUT2D eigenvalue weighted by Gasteiger charge is -2.43. The summed E-state index contributed by atoms with van der Waals surface area (Å²) in [6.07, 6.45) is 6.03. The van der Waals surface area contributed by atoms with E-state index in [0.29, 0.717) is 18.8 Å². The molecule has 2 heterocycles. The number of nitrogens with one attached hydrogen (secondary N) is 1. The summed E-state index contributed by atoms with van der Waals surface area (Å²) in [6, 6.07) is 1.32. The lowest BCUT2D eigenvalue weighted by molar-refractivity contribution is -0.846. The second-order valence-corrected chi connectivity index (χ2v) is 10.8. The standard InChI is InChI=1S/C19H30N6O4S/c1-18(2)15(11-24-13-21-12-23-24)6-7-19(18,3)22-10-17(26)25(14-30(27,28)29)8-4-5-16(25)9-20/h12-13,15-16,22H,4-8,10-11,14H2,1-3H3/p+1/t15-,16?,19-,25+/m1/s1. The van der Waals surface area contributed by atoms with E-state index in [1.165, 1.54) is 6.33 Å². The quantitative estimate of drug-likeness (QED) is 0.473. The molecule has 3 rings (SSSR count). The molecule has 2 N–H and O–H groups in total. The first-order valence-electron chi connectivity index (χ1n) is 10.3. The Kier molecular flexibility index (Phi) is 6.08. The van der Waals surface area contributed by atoms with Crippen LogP contribution in [0.15, 0.2) is 12.7 Å². The Morgan fingerprint density at radius 1 is 1.40 bits per heavy atom. The minimum Gasteiger partial charge on any atom is -0.299 e. The zero-order chi connectivity index (χ0) is 22.2. The van der Waals surface area contributed by atoms with Gasteiger partial charge in [0.15, 0.2) is 6.04 Å². The predicted octanol–water partition coefficient (Wildman–Crippen LogP) is 0.937. The largest absolute Gasteiger partial charge is 0.329 e. The minimum atomic E-state index is -4.41. The van der Waals surface area contributed by atoms with Gasteiger partial charge in [0.25, 0.3) is 0 Å². The number of carbonyl (C=O) groups is 1. The van der Waals surface area contributed by atoms with Crippen LogP contribution in [0.3, 0.4) is 0 Å². The van der Waals surface area contributed by atoms with E-state index in [1.54, 1.807) is 6.33 Å². The SMILES string of the molecule is CC1(C)[C@@H](Cn2cncn2)CC[C@@]1(C)NCC(=O)[N@+]1(CS(=O)(=O)O)CCCC1C#N. The van der Waals surface area contributed by atoms with E-state index >= 15 is 0 Å². The molecule has 1 saturated carbocycles. The zero-order valence-electron chi connectivity index (χ0n) is 17.8. The van der Waals surface area contributed by atoms with E-state index in [9.17, 15) is 23.0 Å². The monoisotopic (exact) mass is 439 g/mol. The van der Waals surface area contributed by atoms with Gasteiger partial charge in [-0.1, -0.05) is 13.8 Å². The molecule has 0 spiro atoms. The summed E-state index contributed by atoms with van der Waals surface area (Å²) in [4.78, 5) is 17.2. The Hall–Kier alpha value is -1.87. The van der Waals surface area contributed by atoms with Crippen LogP contribution < -0.4 is 5.32 Å². The Labute approximate surface area is 177 Å². The van der Waals surface area contributed by atoms with Crippen LogP contribution in [0, 0.1) is 22.7 Å². The third-order valence-electron chi connectivity index (χ3n) is 7.61. The number of nitrogens with zero attached hydrogens (tertiary/aromatic N) is 5. The Bertz CT molecular complexity index is 925. The van der Waals surface area contributed by atoms with E-state index in [1.807, 2.05) is 4.68 Å². The summed E-state index contributed by atoms with van der Waals surface area (Å²) in [6.45, 7) is 7.33. The highest BCUT2D eigenvalue weighted by Crippen LogP contribution is 2.50. The van der Waals surface area contributed by atoms with Crippen molar-refractivity contribution in [2.45, 2.75) is 64.6 Å². The average Bonchev–Trinajstić information content (AvgIpc) is 3.35. The molecular weight excluding hydrogens is 408 g/mol. The summed E-state index contributed by atoms with van der Waals surface area (Å²) >= 11 is 0. The maximum absolute atomic E-state index is 13.2. The number of amides is 1. The number of carbonyl (C=O) groups excluding carboxylic acids is 1. The van der Waals surface area contributed by atoms with Crippen molar-refractivity contribution in [1.82, 2.24) is 20.1 Å². The molecule has 0 bridgehead atoms. The molecular formula is C19H31N6O4S+. The Balaban J connectivity index is 1.74. The highest BCUT2D eigenvalue weighted by molar-refractivity contribution is 7.85. The second-order valence-electron chi connectivity index (χ2n) is 9.41. The first-order valence-corrected chi connectivity index (χ1v) is 11.9. The summed E-state index contributed by atoms with van der Waals surface area (Å²) < 4.78 is 34.0. The van der Waals surface area contributed by atoms with Crippen molar-refractivity contribution in [3.05, 3.63) is 12.7 Å². The molecule has 30 heavy (non-hydrogen) atoms. The van der Waals surface area contributed by atoms with Crippen LogP contribution in [0.2, 0.25) is 0 Å². The van der Waals surface area contributed by atoms with E-state index < -0.39 is 26.5 Å². The predicted molar refractivity (Wildman–Crippen MR) is 108 cm³/mol. The number of aromatic nitrogens is 3. The number of rotatable bonds is 7. The molecule has 1 aromatic rings. The van der Waals surface area contributed by atoms with Crippen molar-refractivity contribution < 1.29 is 22.2 Å². The van der Waals surface area contributed by atoms with Crippen LogP contribution in [-0.4, -0.2) is 68.7 Å². The van der Waals surface area contributed by atoms with Crippen molar-refractivity contribution >= 4 is 16.0 Å². The van der Waals surface area contributed by atoms with Crippen molar-refractivity contribution in [3.8, 4) is 6.07 Å². The molecule has 1 aromatic heterocycles. The third-order valence-corrected chi connectivity index (χ3v) is 8.40. The molecule has 2 fully saturated rings. The zero-order valence-corrected chi connectivity index (χ0v) is 18.6. The van der Waals surface area contributed by atoms with Gasteiger partial charge in [-0.15, -0.1) is 0 Å². The second kappa shape index (κ2) is 8.00. The maximum Gasteiger partial charge on any atom is 0.329 e. The average molecular weight is 440 g/mol. The maximum atomic E-state index is 13.2. The van der Waals surface area contributed by atoms with Gasteiger partial charge in [-0.3, -0.25) is 14.6 Å². The van der Waals surface area contributed by atoms with Crippen molar-refractivity contribution in [3.63, 3.8) is 0 Å². The summed E-state index contributed by atoms with van der Waals surface area (Å²) in [7, 11) is -4.41. The molecule has 1 saturated heterocycles. The molecule has 1 amide bonds. The summed E-state index contributed by atoms with van der Waals surface area (Å²) in [5.41, 5.74) is -0.509. The van der Waals surface area contributed by atoms with Gasteiger partial charge in [0.1, 0.15) is 25.3 Å². The first-order chi connectivity index (χ1) is 13.9. The molecule has 0 radical (unpaired) electrons. The van der Waals surface area contributed by atoms with E-state index in [4.69, 9.17) is 0 Å². The van der Waals surface area contributed by atoms with E-state index in [0.717, 1.165) is 19.4 Å². The van der Waals surface area contributed by atoms with Gasteiger partial charge in [0.2, 0.25) is 5.88 Å². The highest BCUT2D eigenvalue weighted by atomic mass is 32.2. The smallest absolute Gasteiger partial charge is 0.299 e. The molecule has 2 aliphatic rings. The van der Waals surface area contributed by atoms with Crippen LogP contribution in [0.4, 0.5) is 0 Å². The first kappa shape index (κ1) is 22.8. The lowest BCUT2D eigenvalue weighted by Crippen LogP contribution is -2.63. The molecule has 11 heteroatoms. The Morgan fingerprint density at radius 2 is 2.13 bits per heavy atom. The molecule has 1 aliphatic carbocycles. The fourth-order valence-electron chi connectivity index (χ4n) is 5.17. The number of hydrogen-bond acceptors (Lipinski definition) is 7. The Morgan fingerprint density at radius 3 is 2.73 bits per heavy atom. The van der Waals surface area contributed by atoms with Crippen LogP contribution in [-0.2, 0) is 21.5 Å². The van der Waals surface area contributed by atoms with Gasteiger partial charge < -0.3 is 0 Å². The van der Waals surface area contributed by atoms with Crippen LogP contribution in [0.5, 0.6) is 0 Å². The van der Waals surface area contributed by atoms with Crippen molar-refractivity contribution in [2.24, 2.45) is 11.3 Å². The van der Waals surface area contributed by atoms with Gasteiger partial charge >= 0.3 is 16.0 Å². The van der Waals surface area contributed by atoms with Gasteiger partial charge in [0.05, 0.1) is 6.54 Å². The summed E-state index contributed by atoms with van der Waals surface area (Å²) in [5.74, 6) is -0.791. The molecule has 1 aliphatic heterocycles. The van der Waals surface area contributed by atoms with E-state index in [-0.39, 0.29) is 30.0 Å². The topological polar surface area (TPSA) is 138 Å². The molecule has 4 atom stereocenters. The molecule has 10 nitrogen and oxygen atoms in total.